The molecule has 33 heavy (non-hydrogen) atoms. The maximum atomic E-state index is 11.6. The molecule has 0 unspecified atom stereocenters. The Morgan fingerprint density at radius 2 is 1.82 bits per heavy atom. The highest BCUT2D eigenvalue weighted by Gasteiger charge is 2.20. The number of Topliss-reactive ketones (excluding diaryl/α,β-unsaturated/α-hetero) is 1. The number of nitrogens with zero attached hydrogens (tertiary/aromatic N) is 5. The first kappa shape index (κ1) is 19.7. The molecule has 0 saturated carbocycles. The summed E-state index contributed by atoms with van der Waals surface area (Å²) >= 11 is 0. The Labute approximate surface area is 190 Å². The lowest BCUT2D eigenvalue weighted by molar-refractivity contribution is -0.121. The number of pyridine rings is 1. The summed E-state index contributed by atoms with van der Waals surface area (Å²) in [6.07, 6.45) is 5.85. The van der Waals surface area contributed by atoms with Crippen LogP contribution >= 0.6 is 0 Å². The summed E-state index contributed by atoms with van der Waals surface area (Å²) in [4.78, 5) is 27.8. The van der Waals surface area contributed by atoms with Crippen molar-refractivity contribution in [3.05, 3.63) is 60.6 Å². The molecule has 2 aliphatic rings. The van der Waals surface area contributed by atoms with Crippen LogP contribution < -0.4 is 15.0 Å². The monoisotopic (exact) mass is 442 g/mol. The van der Waals surface area contributed by atoms with Crippen LogP contribution in [-0.4, -0.2) is 58.0 Å². The Hall–Kier alpha value is -3.98. The molecule has 9 heteroatoms. The second-order valence-corrected chi connectivity index (χ2v) is 8.07. The van der Waals surface area contributed by atoms with Gasteiger partial charge in [-0.2, -0.15) is 0 Å². The molecular weight excluding hydrogens is 420 g/mol. The van der Waals surface area contributed by atoms with E-state index in [0.29, 0.717) is 29.5 Å². The first-order valence-electron chi connectivity index (χ1n) is 10.9. The van der Waals surface area contributed by atoms with Gasteiger partial charge in [0.05, 0.1) is 18.9 Å². The van der Waals surface area contributed by atoms with E-state index in [0.717, 1.165) is 43.2 Å². The maximum Gasteiger partial charge on any atom is 0.218 e. The standard InChI is InChI=1S/C24H22N6O3/c31-19-13-16-1-6-20(28-24(16)33-15-19)21-14-30-8-7-25-23(30)22(27-21)26-17-2-4-18(5-3-17)29-9-11-32-12-10-29/h1-8,14H,9-13,15H2,(H,26,27). The molecule has 0 aliphatic carbocycles. The number of hydrogen-bond donors (Lipinski definition) is 1. The van der Waals surface area contributed by atoms with E-state index in [2.05, 4.69) is 32.3 Å². The second kappa shape index (κ2) is 8.18. The highest BCUT2D eigenvalue weighted by molar-refractivity contribution is 5.84. The van der Waals surface area contributed by atoms with Crippen LogP contribution in [0.5, 0.6) is 5.88 Å². The highest BCUT2D eigenvalue weighted by atomic mass is 16.5. The zero-order valence-corrected chi connectivity index (χ0v) is 17.9. The Bertz CT molecular complexity index is 1330. The van der Waals surface area contributed by atoms with Gasteiger partial charge in [-0.05, 0) is 30.3 Å². The van der Waals surface area contributed by atoms with E-state index in [1.807, 2.05) is 41.1 Å². The Kier molecular flexibility index (Phi) is 4.88. The summed E-state index contributed by atoms with van der Waals surface area (Å²) < 4.78 is 12.9. The summed E-state index contributed by atoms with van der Waals surface area (Å²) in [7, 11) is 0. The predicted molar refractivity (Wildman–Crippen MR) is 123 cm³/mol. The van der Waals surface area contributed by atoms with E-state index in [1.54, 1.807) is 6.20 Å². The topological polar surface area (TPSA) is 93.9 Å². The molecule has 6 rings (SSSR count). The van der Waals surface area contributed by atoms with E-state index in [9.17, 15) is 4.79 Å². The third-order valence-corrected chi connectivity index (χ3v) is 5.84. The fourth-order valence-electron chi connectivity index (χ4n) is 4.14. The van der Waals surface area contributed by atoms with E-state index in [-0.39, 0.29) is 12.4 Å². The lowest BCUT2D eigenvalue weighted by atomic mass is 10.1. The SMILES string of the molecule is O=C1COc2nc(-c3cn4ccnc4c(Nc4ccc(N5CCOCC5)cc4)n3)ccc2C1. The number of carbonyl (C=O) groups is 1. The number of anilines is 3. The normalized spacial score (nSPS) is 15.9. The fourth-order valence-corrected chi connectivity index (χ4v) is 4.14. The summed E-state index contributed by atoms with van der Waals surface area (Å²) in [5, 5.41) is 3.40. The number of carbonyl (C=O) groups excluding carboxylic acids is 1. The summed E-state index contributed by atoms with van der Waals surface area (Å²) in [6.45, 7) is 3.37. The van der Waals surface area contributed by atoms with Gasteiger partial charge >= 0.3 is 0 Å². The number of rotatable bonds is 4. The third-order valence-electron chi connectivity index (χ3n) is 5.84. The van der Waals surface area contributed by atoms with E-state index >= 15 is 0 Å². The number of benzene rings is 1. The molecule has 2 aliphatic heterocycles. The maximum absolute atomic E-state index is 11.6. The fraction of sp³-hybridized carbons (Fsp3) is 0.250. The Balaban J connectivity index is 1.31. The Morgan fingerprint density at radius 1 is 0.970 bits per heavy atom. The van der Waals surface area contributed by atoms with Gasteiger partial charge in [0, 0.05) is 55.0 Å². The molecule has 0 radical (unpaired) electrons. The molecule has 5 heterocycles. The van der Waals surface area contributed by atoms with Crippen LogP contribution in [0.25, 0.3) is 17.0 Å². The first-order valence-corrected chi connectivity index (χ1v) is 10.9. The van der Waals surface area contributed by atoms with Crippen LogP contribution in [0.1, 0.15) is 5.56 Å². The average molecular weight is 442 g/mol. The van der Waals surface area contributed by atoms with Gasteiger partial charge in [0.1, 0.15) is 12.3 Å². The van der Waals surface area contributed by atoms with Crippen molar-refractivity contribution in [3.63, 3.8) is 0 Å². The molecule has 1 fully saturated rings. The number of aromatic nitrogens is 4. The molecule has 1 N–H and O–H groups in total. The molecule has 4 aromatic rings. The van der Waals surface area contributed by atoms with Crippen LogP contribution in [0.4, 0.5) is 17.2 Å². The number of ether oxygens (including phenoxy) is 2. The van der Waals surface area contributed by atoms with Crippen LogP contribution in [0.3, 0.4) is 0 Å². The molecule has 1 saturated heterocycles. The first-order chi connectivity index (χ1) is 16.2. The van der Waals surface area contributed by atoms with Crippen molar-refractivity contribution in [2.75, 3.05) is 43.1 Å². The molecular formula is C24H22N6O3. The average Bonchev–Trinajstić information content (AvgIpc) is 3.34. The summed E-state index contributed by atoms with van der Waals surface area (Å²) in [5.41, 5.74) is 4.96. The minimum absolute atomic E-state index is 0.0566. The van der Waals surface area contributed by atoms with E-state index in [1.165, 1.54) is 5.69 Å². The lowest BCUT2D eigenvalue weighted by Crippen LogP contribution is -2.36. The van der Waals surface area contributed by atoms with E-state index < -0.39 is 0 Å². The second-order valence-electron chi connectivity index (χ2n) is 8.07. The number of morpholine rings is 1. The zero-order chi connectivity index (χ0) is 22.2. The minimum atomic E-state index is 0.0566. The molecule has 9 nitrogen and oxygen atoms in total. The van der Waals surface area contributed by atoms with E-state index in [4.69, 9.17) is 14.5 Å². The van der Waals surface area contributed by atoms with Gasteiger partial charge in [-0.1, -0.05) is 6.07 Å². The third kappa shape index (κ3) is 3.87. The molecule has 1 aromatic carbocycles. The van der Waals surface area contributed by atoms with Crippen molar-refractivity contribution < 1.29 is 14.3 Å². The Morgan fingerprint density at radius 3 is 2.67 bits per heavy atom. The van der Waals surface area contributed by atoms with Crippen LogP contribution in [0.15, 0.2) is 55.0 Å². The van der Waals surface area contributed by atoms with Gasteiger partial charge in [-0.3, -0.25) is 4.79 Å². The molecule has 166 valence electrons. The molecule has 3 aromatic heterocycles. The smallest absolute Gasteiger partial charge is 0.218 e. The van der Waals surface area contributed by atoms with Crippen molar-refractivity contribution in [1.82, 2.24) is 19.4 Å². The van der Waals surface area contributed by atoms with Gasteiger partial charge < -0.3 is 24.1 Å². The van der Waals surface area contributed by atoms with Gasteiger partial charge in [0.25, 0.3) is 0 Å². The quantitative estimate of drug-likeness (QED) is 0.516. The van der Waals surface area contributed by atoms with Crippen molar-refractivity contribution in [3.8, 4) is 17.3 Å². The van der Waals surface area contributed by atoms with Gasteiger partial charge in [-0.15, -0.1) is 0 Å². The number of imidazole rings is 1. The molecule has 0 bridgehead atoms. The number of nitrogens with one attached hydrogen (secondary N) is 1. The van der Waals surface area contributed by atoms with Crippen molar-refractivity contribution >= 4 is 28.6 Å². The summed E-state index contributed by atoms with van der Waals surface area (Å²) in [6, 6.07) is 12.0. The minimum Gasteiger partial charge on any atom is -0.469 e. The van der Waals surface area contributed by atoms with Gasteiger partial charge in [0.15, 0.2) is 17.2 Å². The van der Waals surface area contributed by atoms with Gasteiger partial charge in [-0.25, -0.2) is 15.0 Å². The van der Waals surface area contributed by atoms with Crippen LogP contribution in [0.2, 0.25) is 0 Å². The molecule has 0 spiro atoms. The van der Waals surface area contributed by atoms with Crippen LogP contribution in [-0.2, 0) is 16.0 Å². The van der Waals surface area contributed by atoms with Crippen molar-refractivity contribution in [2.45, 2.75) is 6.42 Å². The van der Waals surface area contributed by atoms with Crippen molar-refractivity contribution in [2.24, 2.45) is 0 Å². The van der Waals surface area contributed by atoms with Crippen LogP contribution in [0, 0.1) is 0 Å². The predicted octanol–water partition coefficient (Wildman–Crippen LogP) is 2.88. The highest BCUT2D eigenvalue weighted by Crippen LogP contribution is 2.28. The lowest BCUT2D eigenvalue weighted by Gasteiger charge is -2.28. The number of hydrogen-bond acceptors (Lipinski definition) is 8. The molecule has 0 atom stereocenters. The zero-order valence-electron chi connectivity index (χ0n) is 17.9. The van der Waals surface area contributed by atoms with Crippen molar-refractivity contribution in [1.29, 1.82) is 0 Å². The number of ketones is 1. The largest absolute Gasteiger partial charge is 0.469 e. The van der Waals surface area contributed by atoms with Gasteiger partial charge in [0.2, 0.25) is 5.88 Å². The summed E-state index contributed by atoms with van der Waals surface area (Å²) in [5.74, 6) is 1.18. The molecule has 0 amide bonds. The number of fused-ring (bicyclic) bond motifs is 2.